The molecule has 0 fully saturated rings. The third-order valence-electron chi connectivity index (χ3n) is 1.88. The largest absolute Gasteiger partial charge is 0.497 e. The topological polar surface area (TPSA) is 53.6 Å². The van der Waals surface area contributed by atoms with Gasteiger partial charge in [-0.3, -0.25) is 15.5 Å². The van der Waals surface area contributed by atoms with E-state index in [2.05, 4.69) is 10.7 Å². The number of thiocarbonyl (C=S) groups is 1. The first kappa shape index (κ1) is 13.4. The van der Waals surface area contributed by atoms with E-state index in [1.807, 2.05) is 0 Å². The lowest BCUT2D eigenvalue weighted by Gasteiger charge is -2.14. The Bertz CT molecular complexity index is 421. The fraction of sp³-hybridized carbons (Fsp3) is 0.273. The standard InChI is InChI=1S/C11H15N3O2S/c1-14(2)13-11(17)12-10(15)8-5-4-6-9(7-8)16-3/h4-7H,1-3H3,(H2,12,13,15,17). The number of hydrazine groups is 1. The molecule has 1 amide bonds. The summed E-state index contributed by atoms with van der Waals surface area (Å²) in [7, 11) is 5.11. The van der Waals surface area contributed by atoms with Gasteiger partial charge in [-0.25, -0.2) is 5.01 Å². The SMILES string of the molecule is COc1cccc(C(=O)NC(=S)NN(C)C)c1. The van der Waals surface area contributed by atoms with Crippen molar-refractivity contribution in [2.75, 3.05) is 21.2 Å². The molecular formula is C11H15N3O2S. The Morgan fingerprint density at radius 2 is 2.12 bits per heavy atom. The molecule has 17 heavy (non-hydrogen) atoms. The van der Waals surface area contributed by atoms with Crippen molar-refractivity contribution in [1.29, 1.82) is 0 Å². The Kier molecular flexibility index (Phi) is 4.86. The normalized spacial score (nSPS) is 9.88. The summed E-state index contributed by atoms with van der Waals surface area (Å²) in [6.07, 6.45) is 0. The molecule has 1 rings (SSSR count). The van der Waals surface area contributed by atoms with Crippen LogP contribution in [0.2, 0.25) is 0 Å². The highest BCUT2D eigenvalue weighted by molar-refractivity contribution is 7.80. The third-order valence-corrected chi connectivity index (χ3v) is 2.08. The van der Waals surface area contributed by atoms with Crippen LogP contribution in [0.15, 0.2) is 24.3 Å². The van der Waals surface area contributed by atoms with Crippen LogP contribution in [0.4, 0.5) is 0 Å². The van der Waals surface area contributed by atoms with E-state index in [0.29, 0.717) is 11.3 Å². The minimum Gasteiger partial charge on any atom is -0.497 e. The minimum atomic E-state index is -0.275. The van der Waals surface area contributed by atoms with Gasteiger partial charge in [0.1, 0.15) is 5.75 Å². The van der Waals surface area contributed by atoms with Gasteiger partial charge in [0.25, 0.3) is 5.91 Å². The summed E-state index contributed by atoms with van der Waals surface area (Å²) in [6.45, 7) is 0. The molecule has 0 bridgehead atoms. The molecule has 1 aromatic carbocycles. The molecular weight excluding hydrogens is 238 g/mol. The Balaban J connectivity index is 2.66. The number of hydrogen-bond donors (Lipinski definition) is 2. The van der Waals surface area contributed by atoms with Crippen LogP contribution in [0.3, 0.4) is 0 Å². The maximum Gasteiger partial charge on any atom is 0.257 e. The van der Waals surface area contributed by atoms with Crippen LogP contribution in [0, 0.1) is 0 Å². The molecule has 0 spiro atoms. The molecule has 0 aliphatic heterocycles. The second-order valence-corrected chi connectivity index (χ2v) is 3.93. The van der Waals surface area contributed by atoms with Crippen molar-refractivity contribution in [2.45, 2.75) is 0 Å². The number of nitrogens with one attached hydrogen (secondary N) is 2. The molecule has 5 nitrogen and oxygen atoms in total. The summed E-state index contributed by atoms with van der Waals surface area (Å²) >= 11 is 4.95. The Hall–Kier alpha value is -1.66. The lowest BCUT2D eigenvalue weighted by atomic mass is 10.2. The van der Waals surface area contributed by atoms with Crippen molar-refractivity contribution < 1.29 is 9.53 Å². The molecule has 0 unspecified atom stereocenters. The van der Waals surface area contributed by atoms with Gasteiger partial charge in [-0.2, -0.15) is 0 Å². The van der Waals surface area contributed by atoms with E-state index in [9.17, 15) is 4.79 Å². The van der Waals surface area contributed by atoms with Crippen LogP contribution in [-0.4, -0.2) is 37.2 Å². The molecule has 0 heterocycles. The van der Waals surface area contributed by atoms with Crippen molar-refractivity contribution >= 4 is 23.2 Å². The molecule has 0 aromatic heterocycles. The number of carbonyl (C=O) groups is 1. The molecule has 92 valence electrons. The number of ether oxygens (including phenoxy) is 1. The molecule has 2 N–H and O–H groups in total. The summed E-state index contributed by atoms with van der Waals surface area (Å²) in [5, 5.41) is 4.46. The van der Waals surface area contributed by atoms with Gasteiger partial charge in [-0.15, -0.1) is 0 Å². The molecule has 0 radical (unpaired) electrons. The average molecular weight is 253 g/mol. The van der Waals surface area contributed by atoms with Gasteiger partial charge in [-0.05, 0) is 30.4 Å². The van der Waals surface area contributed by atoms with Crippen LogP contribution in [-0.2, 0) is 0 Å². The molecule has 0 saturated carbocycles. The fourth-order valence-electron chi connectivity index (χ4n) is 1.17. The van der Waals surface area contributed by atoms with Gasteiger partial charge in [0.2, 0.25) is 0 Å². The zero-order valence-corrected chi connectivity index (χ0v) is 10.8. The van der Waals surface area contributed by atoms with E-state index in [4.69, 9.17) is 17.0 Å². The summed E-state index contributed by atoms with van der Waals surface area (Å²) < 4.78 is 5.04. The number of rotatable bonds is 3. The van der Waals surface area contributed by atoms with Crippen LogP contribution < -0.4 is 15.5 Å². The third kappa shape index (κ3) is 4.38. The van der Waals surface area contributed by atoms with Gasteiger partial charge < -0.3 is 4.74 Å². The molecule has 6 heteroatoms. The highest BCUT2D eigenvalue weighted by Gasteiger charge is 2.08. The van der Waals surface area contributed by atoms with Crippen LogP contribution in [0.1, 0.15) is 10.4 Å². The minimum absolute atomic E-state index is 0.253. The van der Waals surface area contributed by atoms with E-state index >= 15 is 0 Å². The molecule has 0 aliphatic rings. The van der Waals surface area contributed by atoms with Crippen LogP contribution in [0.5, 0.6) is 5.75 Å². The first-order valence-corrected chi connectivity index (χ1v) is 5.37. The Morgan fingerprint density at radius 3 is 2.71 bits per heavy atom. The monoisotopic (exact) mass is 253 g/mol. The predicted octanol–water partition coefficient (Wildman–Crippen LogP) is 0.776. The van der Waals surface area contributed by atoms with Crippen molar-refractivity contribution in [3.05, 3.63) is 29.8 Å². The fourth-order valence-corrected chi connectivity index (χ4v) is 1.45. The first-order valence-electron chi connectivity index (χ1n) is 4.96. The number of nitrogens with zero attached hydrogens (tertiary/aromatic N) is 1. The van der Waals surface area contributed by atoms with E-state index in [1.54, 1.807) is 50.5 Å². The number of carbonyl (C=O) groups excluding carboxylic acids is 1. The van der Waals surface area contributed by atoms with Crippen molar-refractivity contribution in [1.82, 2.24) is 15.8 Å². The van der Waals surface area contributed by atoms with E-state index in [1.165, 1.54) is 0 Å². The number of amides is 1. The average Bonchev–Trinajstić information content (AvgIpc) is 2.27. The second kappa shape index (κ2) is 6.17. The van der Waals surface area contributed by atoms with Gasteiger partial charge >= 0.3 is 0 Å². The van der Waals surface area contributed by atoms with Gasteiger partial charge in [0.05, 0.1) is 7.11 Å². The maximum atomic E-state index is 11.8. The maximum absolute atomic E-state index is 11.8. The smallest absolute Gasteiger partial charge is 0.257 e. The molecule has 0 atom stereocenters. The number of benzene rings is 1. The van der Waals surface area contributed by atoms with Gasteiger partial charge in [0, 0.05) is 19.7 Å². The zero-order valence-electron chi connectivity index (χ0n) is 9.98. The van der Waals surface area contributed by atoms with Gasteiger partial charge in [-0.1, -0.05) is 6.07 Å². The van der Waals surface area contributed by atoms with Crippen molar-refractivity contribution in [3.8, 4) is 5.75 Å². The summed E-state index contributed by atoms with van der Waals surface area (Å²) in [6, 6.07) is 6.85. The lowest BCUT2D eigenvalue weighted by molar-refractivity contribution is 0.0975. The zero-order chi connectivity index (χ0) is 12.8. The second-order valence-electron chi connectivity index (χ2n) is 3.52. The highest BCUT2D eigenvalue weighted by Crippen LogP contribution is 2.12. The van der Waals surface area contributed by atoms with E-state index in [0.717, 1.165) is 0 Å². The number of methoxy groups -OCH3 is 1. The highest BCUT2D eigenvalue weighted by atomic mass is 32.1. The molecule has 0 aliphatic carbocycles. The summed E-state index contributed by atoms with van der Waals surface area (Å²) in [4.78, 5) is 11.8. The van der Waals surface area contributed by atoms with Crippen LogP contribution >= 0.6 is 12.2 Å². The van der Waals surface area contributed by atoms with Crippen molar-refractivity contribution in [3.63, 3.8) is 0 Å². The summed E-state index contributed by atoms with van der Waals surface area (Å²) in [5.41, 5.74) is 3.27. The molecule has 0 saturated heterocycles. The van der Waals surface area contributed by atoms with Gasteiger partial charge in [0.15, 0.2) is 5.11 Å². The molecule has 1 aromatic rings. The van der Waals surface area contributed by atoms with E-state index < -0.39 is 0 Å². The lowest BCUT2D eigenvalue weighted by Crippen LogP contribution is -2.45. The quantitative estimate of drug-likeness (QED) is 0.616. The van der Waals surface area contributed by atoms with Crippen LogP contribution in [0.25, 0.3) is 0 Å². The number of hydrogen-bond acceptors (Lipinski definition) is 4. The Morgan fingerprint density at radius 1 is 1.41 bits per heavy atom. The summed E-state index contributed by atoms with van der Waals surface area (Å²) in [5.74, 6) is 0.354. The Labute approximate surface area is 106 Å². The predicted molar refractivity (Wildman–Crippen MR) is 69.9 cm³/mol. The van der Waals surface area contributed by atoms with Crippen molar-refractivity contribution in [2.24, 2.45) is 0 Å². The van der Waals surface area contributed by atoms with E-state index in [-0.39, 0.29) is 11.0 Å². The first-order chi connectivity index (χ1) is 8.02.